The molecule has 0 N–H and O–H groups in total. The Morgan fingerprint density at radius 1 is 1.12 bits per heavy atom. The predicted octanol–water partition coefficient (Wildman–Crippen LogP) is 3.76. The molecule has 1 fully saturated rings. The molecule has 1 saturated carbocycles. The van der Waals surface area contributed by atoms with Crippen molar-refractivity contribution in [2.45, 2.75) is 51.0 Å². The number of hydrogen-bond donors (Lipinski definition) is 0. The van der Waals surface area contributed by atoms with Gasteiger partial charge in [-0.05, 0) is 25.0 Å². The SMILES string of the molecule is FC(F)c1nnc(-c2ccc(Cn3cc(C4CCCCC4)nn3)nc2)o1. The van der Waals surface area contributed by atoms with Gasteiger partial charge in [0.15, 0.2) is 0 Å². The Balaban J connectivity index is 1.43. The minimum atomic E-state index is -2.78. The third-order valence-corrected chi connectivity index (χ3v) is 4.60. The molecule has 0 unspecified atom stereocenters. The van der Waals surface area contributed by atoms with Gasteiger partial charge in [-0.15, -0.1) is 15.3 Å². The highest BCUT2D eigenvalue weighted by Gasteiger charge is 2.19. The molecule has 0 aliphatic heterocycles. The maximum absolute atomic E-state index is 12.5. The van der Waals surface area contributed by atoms with E-state index in [1.54, 1.807) is 16.8 Å². The Morgan fingerprint density at radius 2 is 1.96 bits per heavy atom. The van der Waals surface area contributed by atoms with E-state index in [-0.39, 0.29) is 5.89 Å². The second-order valence-corrected chi connectivity index (χ2v) is 6.46. The molecule has 0 aromatic carbocycles. The Labute approximate surface area is 148 Å². The number of pyridine rings is 1. The van der Waals surface area contributed by atoms with Gasteiger partial charge < -0.3 is 4.42 Å². The zero-order valence-corrected chi connectivity index (χ0v) is 14.1. The number of nitrogens with zero attached hydrogens (tertiary/aromatic N) is 6. The lowest BCUT2D eigenvalue weighted by atomic mass is 9.87. The van der Waals surface area contributed by atoms with Gasteiger partial charge in [-0.1, -0.05) is 24.5 Å². The summed E-state index contributed by atoms with van der Waals surface area (Å²) >= 11 is 0. The normalized spacial score (nSPS) is 15.7. The molecule has 0 spiro atoms. The molecular weight excluding hydrogens is 342 g/mol. The Bertz CT molecular complexity index is 854. The fourth-order valence-electron chi connectivity index (χ4n) is 3.23. The van der Waals surface area contributed by atoms with Crippen LogP contribution >= 0.6 is 0 Å². The third-order valence-electron chi connectivity index (χ3n) is 4.60. The summed E-state index contributed by atoms with van der Waals surface area (Å²) in [5, 5.41) is 15.4. The molecule has 136 valence electrons. The fraction of sp³-hybridized carbons (Fsp3) is 0.471. The van der Waals surface area contributed by atoms with Crippen LogP contribution in [0.15, 0.2) is 28.9 Å². The summed E-state index contributed by atoms with van der Waals surface area (Å²) in [6.07, 6.45) is 6.89. The van der Waals surface area contributed by atoms with Gasteiger partial charge in [-0.3, -0.25) is 4.98 Å². The van der Waals surface area contributed by atoms with E-state index in [1.807, 2.05) is 6.20 Å². The lowest BCUT2D eigenvalue weighted by Crippen LogP contribution is -2.05. The second-order valence-electron chi connectivity index (χ2n) is 6.46. The van der Waals surface area contributed by atoms with Crippen LogP contribution in [0.4, 0.5) is 8.78 Å². The van der Waals surface area contributed by atoms with Crippen molar-refractivity contribution in [1.82, 2.24) is 30.2 Å². The molecule has 26 heavy (non-hydrogen) atoms. The van der Waals surface area contributed by atoms with Crippen molar-refractivity contribution in [2.75, 3.05) is 0 Å². The number of hydrogen-bond acceptors (Lipinski definition) is 6. The van der Waals surface area contributed by atoms with E-state index >= 15 is 0 Å². The minimum absolute atomic E-state index is 0.0275. The lowest BCUT2D eigenvalue weighted by Gasteiger charge is -2.18. The highest BCUT2D eigenvalue weighted by atomic mass is 19.3. The third kappa shape index (κ3) is 3.61. The van der Waals surface area contributed by atoms with Crippen LogP contribution in [-0.4, -0.2) is 30.2 Å². The number of halogens is 2. The van der Waals surface area contributed by atoms with Gasteiger partial charge in [0.05, 0.1) is 23.5 Å². The van der Waals surface area contributed by atoms with Gasteiger partial charge in [0.2, 0.25) is 5.89 Å². The first-order valence-corrected chi connectivity index (χ1v) is 8.66. The standard InChI is InChI=1S/C17H18F2N6O/c18-15(19)17-23-22-16(26-17)12-6-7-13(20-8-12)9-25-10-14(21-24-25)11-4-2-1-3-5-11/h6-8,10-11,15H,1-5,9H2. The molecule has 1 aliphatic carbocycles. The van der Waals surface area contributed by atoms with E-state index in [0.717, 1.165) is 11.4 Å². The summed E-state index contributed by atoms with van der Waals surface area (Å²) in [6, 6.07) is 3.49. The molecule has 3 aromatic heterocycles. The lowest BCUT2D eigenvalue weighted by molar-refractivity contribution is 0.116. The predicted molar refractivity (Wildman–Crippen MR) is 87.4 cm³/mol. The molecule has 0 atom stereocenters. The first-order valence-electron chi connectivity index (χ1n) is 8.66. The van der Waals surface area contributed by atoms with E-state index in [0.29, 0.717) is 18.0 Å². The van der Waals surface area contributed by atoms with E-state index < -0.39 is 12.3 Å². The molecule has 0 saturated heterocycles. The highest BCUT2D eigenvalue weighted by molar-refractivity contribution is 5.50. The summed E-state index contributed by atoms with van der Waals surface area (Å²) in [5.41, 5.74) is 2.32. The van der Waals surface area contributed by atoms with Crippen LogP contribution in [0.3, 0.4) is 0 Å². The van der Waals surface area contributed by atoms with Crippen molar-refractivity contribution in [3.63, 3.8) is 0 Å². The summed E-state index contributed by atoms with van der Waals surface area (Å²) in [6.45, 7) is 0.492. The smallest absolute Gasteiger partial charge is 0.314 e. The van der Waals surface area contributed by atoms with E-state index in [9.17, 15) is 8.78 Å². The average Bonchev–Trinajstić information content (AvgIpc) is 3.33. The molecule has 4 rings (SSSR count). The van der Waals surface area contributed by atoms with Crippen LogP contribution in [0.1, 0.15) is 61.7 Å². The van der Waals surface area contributed by atoms with Crippen molar-refractivity contribution in [1.29, 1.82) is 0 Å². The Hall–Kier alpha value is -2.71. The molecule has 7 nitrogen and oxygen atoms in total. The van der Waals surface area contributed by atoms with Crippen LogP contribution in [-0.2, 0) is 6.54 Å². The number of aromatic nitrogens is 6. The number of rotatable bonds is 5. The van der Waals surface area contributed by atoms with Crippen molar-refractivity contribution < 1.29 is 13.2 Å². The summed E-state index contributed by atoms with van der Waals surface area (Å²) in [7, 11) is 0. The van der Waals surface area contributed by atoms with Crippen molar-refractivity contribution in [2.24, 2.45) is 0 Å². The summed E-state index contributed by atoms with van der Waals surface area (Å²) in [5.74, 6) is -0.156. The second kappa shape index (κ2) is 7.27. The molecule has 1 aliphatic rings. The largest absolute Gasteiger partial charge is 0.415 e. The number of alkyl halides is 2. The summed E-state index contributed by atoms with van der Waals surface area (Å²) in [4.78, 5) is 4.32. The van der Waals surface area contributed by atoms with Crippen molar-refractivity contribution in [3.05, 3.63) is 41.8 Å². The fourth-order valence-corrected chi connectivity index (χ4v) is 3.23. The summed E-state index contributed by atoms with van der Waals surface area (Å²) < 4.78 is 31.7. The van der Waals surface area contributed by atoms with Crippen LogP contribution in [0.25, 0.3) is 11.5 Å². The van der Waals surface area contributed by atoms with Crippen LogP contribution in [0, 0.1) is 0 Å². The topological polar surface area (TPSA) is 82.5 Å². The quantitative estimate of drug-likeness (QED) is 0.689. The maximum atomic E-state index is 12.5. The molecule has 0 amide bonds. The Kier molecular flexibility index (Phi) is 4.68. The van der Waals surface area contributed by atoms with Crippen molar-refractivity contribution >= 4 is 0 Å². The van der Waals surface area contributed by atoms with Gasteiger partial charge in [-0.2, -0.15) is 8.78 Å². The minimum Gasteiger partial charge on any atom is -0.415 e. The first kappa shape index (κ1) is 16.7. The van der Waals surface area contributed by atoms with E-state index in [2.05, 4.69) is 25.5 Å². The Morgan fingerprint density at radius 3 is 2.65 bits per heavy atom. The monoisotopic (exact) mass is 360 g/mol. The molecule has 3 aromatic rings. The average molecular weight is 360 g/mol. The highest BCUT2D eigenvalue weighted by Crippen LogP contribution is 2.31. The van der Waals surface area contributed by atoms with Gasteiger partial charge >= 0.3 is 6.43 Å². The molecule has 3 heterocycles. The van der Waals surface area contributed by atoms with Gasteiger partial charge in [-0.25, -0.2) is 4.68 Å². The van der Waals surface area contributed by atoms with Gasteiger partial charge in [0, 0.05) is 18.3 Å². The van der Waals surface area contributed by atoms with Gasteiger partial charge in [0.1, 0.15) is 0 Å². The molecular formula is C17H18F2N6O. The zero-order chi connectivity index (χ0) is 17.9. The molecule has 9 heteroatoms. The van der Waals surface area contributed by atoms with E-state index in [4.69, 9.17) is 4.42 Å². The first-order chi connectivity index (χ1) is 12.7. The maximum Gasteiger partial charge on any atom is 0.314 e. The van der Waals surface area contributed by atoms with Crippen molar-refractivity contribution in [3.8, 4) is 11.5 Å². The zero-order valence-electron chi connectivity index (χ0n) is 14.1. The van der Waals surface area contributed by atoms with Crippen LogP contribution in [0.2, 0.25) is 0 Å². The molecule has 0 radical (unpaired) electrons. The molecule has 0 bridgehead atoms. The van der Waals surface area contributed by atoms with Crippen LogP contribution in [0.5, 0.6) is 0 Å². The van der Waals surface area contributed by atoms with Crippen LogP contribution < -0.4 is 0 Å². The van der Waals surface area contributed by atoms with Gasteiger partial charge in [0.25, 0.3) is 5.89 Å². The van der Waals surface area contributed by atoms with E-state index in [1.165, 1.54) is 38.3 Å².